The highest BCUT2D eigenvalue weighted by Gasteiger charge is 2.49. The average Bonchev–Trinajstić information content (AvgIpc) is 2.34. The molecule has 2 heteroatoms. The highest BCUT2D eigenvalue weighted by molar-refractivity contribution is 5.29. The third kappa shape index (κ3) is 2.32. The number of hydrogen-bond donors (Lipinski definition) is 1. The summed E-state index contributed by atoms with van der Waals surface area (Å²) >= 11 is 0. The van der Waals surface area contributed by atoms with E-state index in [0.717, 1.165) is 18.6 Å². The van der Waals surface area contributed by atoms with E-state index in [1.165, 1.54) is 5.56 Å². The van der Waals surface area contributed by atoms with Crippen molar-refractivity contribution in [2.45, 2.75) is 45.8 Å². The molecule has 94 valence electrons. The Kier molecular flexibility index (Phi) is 3.43. The second-order valence-electron chi connectivity index (χ2n) is 5.51. The molecule has 2 unspecified atom stereocenters. The molecule has 0 bridgehead atoms. The minimum Gasteiger partial charge on any atom is -0.490 e. The third-order valence-corrected chi connectivity index (χ3v) is 4.11. The molecule has 1 saturated carbocycles. The van der Waals surface area contributed by atoms with Crippen LogP contribution < -0.4 is 10.1 Å². The summed E-state index contributed by atoms with van der Waals surface area (Å²) < 4.78 is 6.10. The van der Waals surface area contributed by atoms with Crippen LogP contribution in [-0.4, -0.2) is 19.2 Å². The smallest absolute Gasteiger partial charge is 0.120 e. The molecule has 17 heavy (non-hydrogen) atoms. The predicted octanol–water partition coefficient (Wildman–Crippen LogP) is 3.01. The molecule has 2 rings (SSSR count). The van der Waals surface area contributed by atoms with Crippen molar-refractivity contribution in [3.8, 4) is 5.75 Å². The van der Waals surface area contributed by atoms with E-state index in [1.807, 2.05) is 7.05 Å². The topological polar surface area (TPSA) is 21.3 Å². The van der Waals surface area contributed by atoms with Gasteiger partial charge in [0, 0.05) is 17.9 Å². The fourth-order valence-corrected chi connectivity index (χ4v) is 2.58. The molecule has 2 nitrogen and oxygen atoms in total. The quantitative estimate of drug-likeness (QED) is 0.863. The van der Waals surface area contributed by atoms with Gasteiger partial charge in [0.25, 0.3) is 0 Å². The zero-order valence-corrected chi connectivity index (χ0v) is 11.3. The van der Waals surface area contributed by atoms with Gasteiger partial charge in [-0.3, -0.25) is 0 Å². The van der Waals surface area contributed by atoms with Crippen LogP contribution in [-0.2, 0) is 6.42 Å². The Morgan fingerprint density at radius 3 is 2.76 bits per heavy atom. The van der Waals surface area contributed by atoms with Crippen LogP contribution in [0.4, 0.5) is 0 Å². The molecule has 1 aliphatic rings. The monoisotopic (exact) mass is 233 g/mol. The number of hydrogen-bond acceptors (Lipinski definition) is 2. The van der Waals surface area contributed by atoms with Crippen molar-refractivity contribution in [3.05, 3.63) is 29.8 Å². The summed E-state index contributed by atoms with van der Waals surface area (Å²) in [6, 6.07) is 9.01. The lowest BCUT2D eigenvalue weighted by Crippen LogP contribution is -2.61. The molecule has 0 spiro atoms. The molecule has 1 N–H and O–H groups in total. The van der Waals surface area contributed by atoms with Gasteiger partial charge in [-0.2, -0.15) is 0 Å². The van der Waals surface area contributed by atoms with Crippen molar-refractivity contribution >= 4 is 0 Å². The van der Waals surface area contributed by atoms with Crippen LogP contribution in [0.25, 0.3) is 0 Å². The van der Waals surface area contributed by atoms with Crippen LogP contribution in [0.15, 0.2) is 24.3 Å². The standard InChI is InChI=1S/C15H23NO/c1-5-11-7-6-8-12(9-11)17-14-10-13(16-4)15(14,2)3/h6-9,13-14,16H,5,10H2,1-4H3. The zero-order valence-electron chi connectivity index (χ0n) is 11.3. The Hall–Kier alpha value is -1.02. The Morgan fingerprint density at radius 1 is 1.41 bits per heavy atom. The zero-order chi connectivity index (χ0) is 12.5. The van der Waals surface area contributed by atoms with Crippen molar-refractivity contribution in [1.29, 1.82) is 0 Å². The lowest BCUT2D eigenvalue weighted by molar-refractivity contribution is -0.0521. The number of aryl methyl sites for hydroxylation is 1. The lowest BCUT2D eigenvalue weighted by atomic mass is 9.64. The minimum atomic E-state index is 0.219. The predicted molar refractivity (Wildman–Crippen MR) is 71.5 cm³/mol. The summed E-state index contributed by atoms with van der Waals surface area (Å²) in [5.74, 6) is 1.01. The fourth-order valence-electron chi connectivity index (χ4n) is 2.58. The van der Waals surface area contributed by atoms with Crippen molar-refractivity contribution in [1.82, 2.24) is 5.32 Å². The first-order valence-electron chi connectivity index (χ1n) is 6.50. The molecule has 0 radical (unpaired) electrons. The van der Waals surface area contributed by atoms with Crippen LogP contribution in [0, 0.1) is 5.41 Å². The Labute approximate surface area is 104 Å². The van der Waals surface area contributed by atoms with Gasteiger partial charge in [0.05, 0.1) is 0 Å². The van der Waals surface area contributed by atoms with E-state index < -0.39 is 0 Å². The number of nitrogens with one attached hydrogen (secondary N) is 1. The van der Waals surface area contributed by atoms with Gasteiger partial charge in [-0.1, -0.05) is 32.9 Å². The Bertz CT molecular complexity index is 386. The van der Waals surface area contributed by atoms with Gasteiger partial charge in [-0.15, -0.1) is 0 Å². The molecular weight excluding hydrogens is 210 g/mol. The number of benzene rings is 1. The van der Waals surface area contributed by atoms with E-state index in [2.05, 4.69) is 50.4 Å². The fraction of sp³-hybridized carbons (Fsp3) is 0.600. The molecule has 1 fully saturated rings. The second-order valence-corrected chi connectivity index (χ2v) is 5.51. The third-order valence-electron chi connectivity index (χ3n) is 4.11. The Morgan fingerprint density at radius 2 is 2.18 bits per heavy atom. The van der Waals surface area contributed by atoms with Gasteiger partial charge in [0.15, 0.2) is 0 Å². The summed E-state index contributed by atoms with van der Waals surface area (Å²) in [6.45, 7) is 6.71. The summed E-state index contributed by atoms with van der Waals surface area (Å²) in [4.78, 5) is 0. The van der Waals surface area contributed by atoms with Crippen LogP contribution >= 0.6 is 0 Å². The largest absolute Gasteiger partial charge is 0.490 e. The summed E-state index contributed by atoms with van der Waals surface area (Å²) in [7, 11) is 2.03. The van der Waals surface area contributed by atoms with Crippen molar-refractivity contribution in [2.75, 3.05) is 7.05 Å². The van der Waals surface area contributed by atoms with Crippen LogP contribution in [0.2, 0.25) is 0 Å². The minimum absolute atomic E-state index is 0.219. The first-order valence-corrected chi connectivity index (χ1v) is 6.50. The SMILES string of the molecule is CCc1cccc(OC2CC(NC)C2(C)C)c1. The summed E-state index contributed by atoms with van der Waals surface area (Å²) in [6.07, 6.45) is 2.48. The first kappa shape index (κ1) is 12.4. The molecule has 1 aromatic carbocycles. The highest BCUT2D eigenvalue weighted by atomic mass is 16.5. The highest BCUT2D eigenvalue weighted by Crippen LogP contribution is 2.42. The van der Waals surface area contributed by atoms with E-state index in [-0.39, 0.29) is 5.41 Å². The molecular formula is C15H23NO. The molecule has 1 aromatic rings. The second kappa shape index (κ2) is 4.69. The maximum absolute atomic E-state index is 6.10. The van der Waals surface area contributed by atoms with E-state index in [4.69, 9.17) is 4.74 Å². The number of ether oxygens (including phenoxy) is 1. The average molecular weight is 233 g/mol. The summed E-state index contributed by atoms with van der Waals surface area (Å²) in [5, 5.41) is 3.35. The maximum atomic E-state index is 6.10. The van der Waals surface area contributed by atoms with Crippen LogP contribution in [0.5, 0.6) is 5.75 Å². The Balaban J connectivity index is 2.02. The molecule has 0 aliphatic heterocycles. The van der Waals surface area contributed by atoms with Crippen molar-refractivity contribution in [3.63, 3.8) is 0 Å². The molecule has 0 aromatic heterocycles. The molecule has 2 atom stereocenters. The first-order chi connectivity index (χ1) is 8.07. The van der Waals surface area contributed by atoms with Gasteiger partial charge >= 0.3 is 0 Å². The van der Waals surface area contributed by atoms with Crippen molar-refractivity contribution < 1.29 is 4.74 Å². The van der Waals surface area contributed by atoms with E-state index in [1.54, 1.807) is 0 Å². The van der Waals surface area contributed by atoms with E-state index >= 15 is 0 Å². The lowest BCUT2D eigenvalue weighted by Gasteiger charge is -2.51. The summed E-state index contributed by atoms with van der Waals surface area (Å²) in [5.41, 5.74) is 1.56. The molecule has 0 saturated heterocycles. The van der Waals surface area contributed by atoms with Gasteiger partial charge < -0.3 is 10.1 Å². The normalized spacial score (nSPS) is 26.4. The van der Waals surface area contributed by atoms with Gasteiger partial charge in [0.2, 0.25) is 0 Å². The maximum Gasteiger partial charge on any atom is 0.120 e. The molecule has 0 heterocycles. The van der Waals surface area contributed by atoms with Crippen LogP contribution in [0.3, 0.4) is 0 Å². The van der Waals surface area contributed by atoms with Gasteiger partial charge in [0.1, 0.15) is 11.9 Å². The van der Waals surface area contributed by atoms with Gasteiger partial charge in [-0.25, -0.2) is 0 Å². The van der Waals surface area contributed by atoms with Gasteiger partial charge in [-0.05, 0) is 31.2 Å². The van der Waals surface area contributed by atoms with E-state index in [0.29, 0.717) is 12.1 Å². The molecule has 1 aliphatic carbocycles. The van der Waals surface area contributed by atoms with Crippen LogP contribution in [0.1, 0.15) is 32.8 Å². The number of rotatable bonds is 4. The van der Waals surface area contributed by atoms with E-state index in [9.17, 15) is 0 Å². The van der Waals surface area contributed by atoms with Crippen molar-refractivity contribution in [2.24, 2.45) is 5.41 Å². The molecule has 0 amide bonds.